The highest BCUT2D eigenvalue weighted by molar-refractivity contribution is 7.99. The molecule has 0 aliphatic heterocycles. The van der Waals surface area contributed by atoms with Crippen LogP contribution in [0.25, 0.3) is 0 Å². The van der Waals surface area contributed by atoms with Gasteiger partial charge in [-0.25, -0.2) is 4.39 Å². The first-order chi connectivity index (χ1) is 7.15. The molecule has 1 aromatic carbocycles. The van der Waals surface area contributed by atoms with Crippen LogP contribution in [-0.4, -0.2) is 23.8 Å². The van der Waals surface area contributed by atoms with Crippen LogP contribution in [0.4, 0.5) is 4.39 Å². The van der Waals surface area contributed by atoms with E-state index in [0.717, 1.165) is 4.90 Å². The lowest BCUT2D eigenvalue weighted by Crippen LogP contribution is -2.03. The highest BCUT2D eigenvalue weighted by atomic mass is 32.2. The highest BCUT2D eigenvalue weighted by Crippen LogP contribution is 2.22. The zero-order chi connectivity index (χ0) is 11.3. The molecule has 0 saturated heterocycles. The van der Waals surface area contributed by atoms with Crippen LogP contribution < -0.4 is 0 Å². The van der Waals surface area contributed by atoms with Gasteiger partial charge >= 0.3 is 0 Å². The number of halogens is 1. The second-order valence-electron chi connectivity index (χ2n) is 3.44. The fourth-order valence-corrected chi connectivity index (χ4v) is 2.02. The van der Waals surface area contributed by atoms with Crippen molar-refractivity contribution in [3.05, 3.63) is 29.6 Å². The van der Waals surface area contributed by atoms with Crippen LogP contribution >= 0.6 is 11.8 Å². The SMILES string of the molecule is CC(CO)CSc1cc(F)cc(C=O)c1. The number of rotatable bonds is 5. The first-order valence-electron chi connectivity index (χ1n) is 4.65. The monoisotopic (exact) mass is 228 g/mol. The minimum absolute atomic E-state index is 0.114. The van der Waals surface area contributed by atoms with E-state index in [9.17, 15) is 9.18 Å². The molecule has 0 spiro atoms. The first kappa shape index (κ1) is 12.2. The lowest BCUT2D eigenvalue weighted by atomic mass is 10.2. The van der Waals surface area contributed by atoms with Crippen LogP contribution in [0.3, 0.4) is 0 Å². The molecule has 0 saturated carbocycles. The molecule has 1 unspecified atom stereocenters. The van der Waals surface area contributed by atoms with Crippen LogP contribution in [0.2, 0.25) is 0 Å². The zero-order valence-electron chi connectivity index (χ0n) is 8.44. The van der Waals surface area contributed by atoms with E-state index in [1.807, 2.05) is 6.92 Å². The van der Waals surface area contributed by atoms with Crippen molar-refractivity contribution in [2.24, 2.45) is 5.92 Å². The minimum Gasteiger partial charge on any atom is -0.396 e. The van der Waals surface area contributed by atoms with E-state index < -0.39 is 5.82 Å². The van der Waals surface area contributed by atoms with Gasteiger partial charge in [-0.3, -0.25) is 4.79 Å². The summed E-state index contributed by atoms with van der Waals surface area (Å²) in [5.74, 6) is 0.467. The Labute approximate surface area is 92.5 Å². The molecule has 1 atom stereocenters. The van der Waals surface area contributed by atoms with Crippen molar-refractivity contribution in [1.29, 1.82) is 0 Å². The van der Waals surface area contributed by atoms with Gasteiger partial charge in [0.15, 0.2) is 0 Å². The molecule has 15 heavy (non-hydrogen) atoms. The fourth-order valence-electron chi connectivity index (χ4n) is 1.03. The Bertz CT molecular complexity index is 341. The van der Waals surface area contributed by atoms with Crippen molar-refractivity contribution in [2.45, 2.75) is 11.8 Å². The Morgan fingerprint density at radius 1 is 1.53 bits per heavy atom. The van der Waals surface area contributed by atoms with E-state index in [1.165, 1.54) is 23.9 Å². The van der Waals surface area contributed by atoms with Crippen LogP contribution in [0.15, 0.2) is 23.1 Å². The summed E-state index contributed by atoms with van der Waals surface area (Å²) in [5, 5.41) is 8.82. The summed E-state index contributed by atoms with van der Waals surface area (Å²) < 4.78 is 13.0. The number of aldehydes is 1. The third kappa shape index (κ3) is 4.01. The summed E-state index contributed by atoms with van der Waals surface area (Å²) >= 11 is 1.44. The maximum atomic E-state index is 13.0. The summed E-state index contributed by atoms with van der Waals surface area (Å²) in [4.78, 5) is 11.2. The Morgan fingerprint density at radius 3 is 2.87 bits per heavy atom. The van der Waals surface area contributed by atoms with Gasteiger partial charge < -0.3 is 5.11 Å². The van der Waals surface area contributed by atoms with Crippen molar-refractivity contribution >= 4 is 18.0 Å². The molecule has 0 bridgehead atoms. The van der Waals surface area contributed by atoms with Gasteiger partial charge in [-0.1, -0.05) is 6.92 Å². The number of hydrogen-bond donors (Lipinski definition) is 1. The molecular formula is C11H13FO2S. The molecule has 4 heteroatoms. The maximum Gasteiger partial charge on any atom is 0.150 e. The molecule has 1 N–H and O–H groups in total. The lowest BCUT2D eigenvalue weighted by molar-refractivity contribution is 0.112. The van der Waals surface area contributed by atoms with E-state index in [0.29, 0.717) is 17.6 Å². The molecule has 2 nitrogen and oxygen atoms in total. The topological polar surface area (TPSA) is 37.3 Å². The molecule has 82 valence electrons. The summed E-state index contributed by atoms with van der Waals surface area (Å²) in [6.45, 7) is 2.02. The van der Waals surface area contributed by atoms with E-state index in [4.69, 9.17) is 5.11 Å². The predicted octanol–water partition coefficient (Wildman–Crippen LogP) is 2.36. The number of hydrogen-bond acceptors (Lipinski definition) is 3. The highest BCUT2D eigenvalue weighted by Gasteiger charge is 2.04. The average Bonchev–Trinajstić information content (AvgIpc) is 2.25. The van der Waals surface area contributed by atoms with E-state index in [2.05, 4.69) is 0 Å². The molecule has 0 aliphatic rings. The molecule has 0 fully saturated rings. The molecule has 0 aliphatic carbocycles. The quantitative estimate of drug-likeness (QED) is 0.621. The van der Waals surface area contributed by atoms with Gasteiger partial charge in [0.05, 0.1) is 0 Å². The molecule has 0 amide bonds. The van der Waals surface area contributed by atoms with Crippen molar-refractivity contribution in [2.75, 3.05) is 12.4 Å². The summed E-state index contributed by atoms with van der Waals surface area (Å²) in [7, 11) is 0. The van der Waals surface area contributed by atoms with Gasteiger partial charge in [-0.05, 0) is 24.1 Å². The van der Waals surface area contributed by atoms with Gasteiger partial charge in [0.2, 0.25) is 0 Å². The largest absolute Gasteiger partial charge is 0.396 e. The van der Waals surface area contributed by atoms with Crippen LogP contribution in [-0.2, 0) is 0 Å². The normalized spacial score (nSPS) is 12.5. The van der Waals surface area contributed by atoms with Crippen LogP contribution in [0, 0.1) is 11.7 Å². The number of aliphatic hydroxyl groups excluding tert-OH is 1. The molecule has 1 aromatic rings. The first-order valence-corrected chi connectivity index (χ1v) is 5.63. The van der Waals surface area contributed by atoms with Crippen molar-refractivity contribution in [3.63, 3.8) is 0 Å². The molecule has 0 radical (unpaired) electrons. The average molecular weight is 228 g/mol. The second-order valence-corrected chi connectivity index (χ2v) is 4.53. The van der Waals surface area contributed by atoms with Gasteiger partial charge in [0, 0.05) is 22.8 Å². The van der Waals surface area contributed by atoms with Gasteiger partial charge in [-0.15, -0.1) is 11.8 Å². The van der Waals surface area contributed by atoms with Crippen molar-refractivity contribution in [1.82, 2.24) is 0 Å². The fraction of sp³-hybridized carbons (Fsp3) is 0.364. The van der Waals surface area contributed by atoms with Gasteiger partial charge in [-0.2, -0.15) is 0 Å². The van der Waals surface area contributed by atoms with Gasteiger partial charge in [0.25, 0.3) is 0 Å². The number of carbonyl (C=O) groups is 1. The van der Waals surface area contributed by atoms with Gasteiger partial charge in [0.1, 0.15) is 12.1 Å². The predicted molar refractivity (Wildman–Crippen MR) is 58.8 cm³/mol. The summed E-state index contributed by atoms with van der Waals surface area (Å²) in [5.41, 5.74) is 0.342. The van der Waals surface area contributed by atoms with E-state index >= 15 is 0 Å². The number of thioether (sulfide) groups is 1. The minimum atomic E-state index is -0.404. The smallest absolute Gasteiger partial charge is 0.150 e. The summed E-state index contributed by atoms with van der Waals surface area (Å²) in [6, 6.07) is 4.24. The van der Waals surface area contributed by atoms with Crippen molar-refractivity contribution in [3.8, 4) is 0 Å². The Kier molecular flexibility index (Phi) is 4.78. The third-order valence-corrected chi connectivity index (χ3v) is 3.18. The number of aliphatic hydroxyl groups is 1. The maximum absolute atomic E-state index is 13.0. The Morgan fingerprint density at radius 2 is 2.27 bits per heavy atom. The molecule has 1 rings (SSSR count). The summed E-state index contributed by atoms with van der Waals surface area (Å²) in [6.07, 6.45) is 0.628. The number of benzene rings is 1. The molecule has 0 heterocycles. The van der Waals surface area contributed by atoms with Crippen LogP contribution in [0.5, 0.6) is 0 Å². The Balaban J connectivity index is 2.68. The lowest BCUT2D eigenvalue weighted by Gasteiger charge is -2.07. The Hall–Kier alpha value is -0.870. The zero-order valence-corrected chi connectivity index (χ0v) is 9.26. The van der Waals surface area contributed by atoms with Crippen molar-refractivity contribution < 1.29 is 14.3 Å². The second kappa shape index (κ2) is 5.88. The molecule has 0 aromatic heterocycles. The standard InChI is InChI=1S/C11H13FO2S/c1-8(5-13)7-15-11-3-9(6-14)2-10(12)4-11/h2-4,6,8,13H,5,7H2,1H3. The molecular weight excluding hydrogens is 215 g/mol. The van der Waals surface area contributed by atoms with E-state index in [-0.39, 0.29) is 12.5 Å². The van der Waals surface area contributed by atoms with E-state index in [1.54, 1.807) is 6.07 Å². The number of carbonyl (C=O) groups excluding carboxylic acids is 1. The van der Waals surface area contributed by atoms with Crippen LogP contribution in [0.1, 0.15) is 17.3 Å². The third-order valence-electron chi connectivity index (χ3n) is 1.88.